The highest BCUT2D eigenvalue weighted by atomic mass is 32.1. The van der Waals surface area contributed by atoms with Gasteiger partial charge in [-0.25, -0.2) is 0 Å². The molecule has 128 valence electrons. The molecule has 2 fully saturated rings. The topological polar surface area (TPSA) is 59.0 Å². The highest BCUT2D eigenvalue weighted by Crippen LogP contribution is 2.45. The Kier molecular flexibility index (Phi) is 3.96. The molecule has 1 amide bonds. The Hall–Kier alpha value is -1.66. The van der Waals surface area contributed by atoms with Gasteiger partial charge in [-0.15, -0.1) is 11.3 Å². The van der Waals surface area contributed by atoms with Crippen LogP contribution in [0.3, 0.4) is 0 Å². The number of hydrogen-bond acceptors (Lipinski definition) is 4. The fourth-order valence-corrected chi connectivity index (χ4v) is 4.47. The lowest BCUT2D eigenvalue weighted by atomic mass is 9.93. The summed E-state index contributed by atoms with van der Waals surface area (Å²) in [5, 5.41) is 11.0. The van der Waals surface area contributed by atoms with Gasteiger partial charge in [0, 0.05) is 36.1 Å². The van der Waals surface area contributed by atoms with Crippen molar-refractivity contribution in [3.63, 3.8) is 0 Å². The van der Waals surface area contributed by atoms with E-state index in [1.54, 1.807) is 16.0 Å². The van der Waals surface area contributed by atoms with Crippen LogP contribution in [0, 0.1) is 13.8 Å². The number of aryl methyl sites for hydroxylation is 3. The smallest absolute Gasteiger partial charge is 0.265 e. The first-order valence-corrected chi connectivity index (χ1v) is 9.51. The number of aromatic nitrogens is 2. The number of amides is 1. The molecule has 0 aliphatic heterocycles. The first-order chi connectivity index (χ1) is 11.5. The van der Waals surface area contributed by atoms with E-state index in [2.05, 4.69) is 28.7 Å². The molecule has 2 aliphatic carbocycles. The van der Waals surface area contributed by atoms with Gasteiger partial charge in [-0.05, 0) is 44.7 Å². The molecule has 2 aromatic rings. The van der Waals surface area contributed by atoms with E-state index in [0.717, 1.165) is 22.3 Å². The Bertz CT molecular complexity index is 774. The number of carbonyl (C=O) groups excluding carboxylic acids is 1. The zero-order chi connectivity index (χ0) is 16.8. The maximum atomic E-state index is 12.5. The lowest BCUT2D eigenvalue weighted by Gasteiger charge is -2.26. The van der Waals surface area contributed by atoms with Gasteiger partial charge in [0.15, 0.2) is 0 Å². The zero-order valence-corrected chi connectivity index (χ0v) is 15.2. The van der Waals surface area contributed by atoms with Crippen LogP contribution in [0.5, 0.6) is 0 Å². The third kappa shape index (κ3) is 3.00. The Labute approximate surface area is 146 Å². The second-order valence-electron chi connectivity index (χ2n) is 7.12. The molecule has 2 saturated carbocycles. The predicted octanol–water partition coefficient (Wildman–Crippen LogP) is 3.35. The average molecular weight is 344 g/mol. The fourth-order valence-electron chi connectivity index (χ4n) is 3.48. The Morgan fingerprint density at radius 1 is 1.38 bits per heavy atom. The van der Waals surface area contributed by atoms with Crippen molar-refractivity contribution in [3.05, 3.63) is 33.3 Å². The van der Waals surface area contributed by atoms with Gasteiger partial charge in [-0.1, -0.05) is 6.42 Å². The summed E-state index contributed by atoms with van der Waals surface area (Å²) in [6.45, 7) is 4.03. The van der Waals surface area contributed by atoms with Gasteiger partial charge in [0.2, 0.25) is 0 Å². The molecule has 6 heteroatoms. The molecule has 2 unspecified atom stereocenters. The quantitative estimate of drug-likeness (QED) is 0.874. The van der Waals surface area contributed by atoms with Crippen molar-refractivity contribution >= 4 is 22.9 Å². The van der Waals surface area contributed by atoms with Crippen LogP contribution in [0.2, 0.25) is 0 Å². The molecular formula is C18H24N4OS. The van der Waals surface area contributed by atoms with Gasteiger partial charge in [-0.2, -0.15) is 5.10 Å². The van der Waals surface area contributed by atoms with Gasteiger partial charge < -0.3 is 10.6 Å². The predicted molar refractivity (Wildman–Crippen MR) is 96.9 cm³/mol. The first-order valence-electron chi connectivity index (χ1n) is 8.69. The molecule has 2 atom stereocenters. The van der Waals surface area contributed by atoms with Crippen molar-refractivity contribution in [3.8, 4) is 0 Å². The summed E-state index contributed by atoms with van der Waals surface area (Å²) in [7, 11) is 1.86. The van der Waals surface area contributed by atoms with E-state index in [1.165, 1.54) is 36.1 Å². The van der Waals surface area contributed by atoms with Gasteiger partial charge in [0.25, 0.3) is 5.91 Å². The van der Waals surface area contributed by atoms with E-state index in [1.807, 2.05) is 20.2 Å². The minimum absolute atomic E-state index is 0.0328. The van der Waals surface area contributed by atoms with Crippen LogP contribution in [-0.2, 0) is 7.05 Å². The van der Waals surface area contributed by atoms with Crippen LogP contribution in [0.15, 0.2) is 12.3 Å². The number of nitrogens with zero attached hydrogens (tertiary/aromatic N) is 2. The van der Waals surface area contributed by atoms with Crippen molar-refractivity contribution in [2.75, 3.05) is 5.32 Å². The highest BCUT2D eigenvalue weighted by molar-refractivity contribution is 7.14. The Balaban J connectivity index is 1.43. The van der Waals surface area contributed by atoms with Crippen LogP contribution in [0.25, 0.3) is 0 Å². The fraction of sp³-hybridized carbons (Fsp3) is 0.556. The van der Waals surface area contributed by atoms with Crippen LogP contribution in [-0.4, -0.2) is 27.8 Å². The van der Waals surface area contributed by atoms with Crippen molar-refractivity contribution in [1.82, 2.24) is 15.1 Å². The van der Waals surface area contributed by atoms with E-state index < -0.39 is 0 Å². The lowest BCUT2D eigenvalue weighted by Crippen LogP contribution is -2.37. The molecule has 0 spiro atoms. The van der Waals surface area contributed by atoms with E-state index in [4.69, 9.17) is 0 Å². The van der Waals surface area contributed by atoms with Crippen LogP contribution >= 0.6 is 11.3 Å². The van der Waals surface area contributed by atoms with Crippen molar-refractivity contribution in [1.29, 1.82) is 0 Å². The van der Waals surface area contributed by atoms with E-state index in [-0.39, 0.29) is 5.91 Å². The molecule has 2 aliphatic rings. The monoisotopic (exact) mass is 344 g/mol. The van der Waals surface area contributed by atoms with Gasteiger partial charge >= 0.3 is 0 Å². The minimum atomic E-state index is -0.0328. The van der Waals surface area contributed by atoms with Gasteiger partial charge in [0.1, 0.15) is 0 Å². The summed E-state index contributed by atoms with van der Waals surface area (Å²) in [6, 6.07) is 3.43. The number of anilines is 1. The first kappa shape index (κ1) is 15.8. The van der Waals surface area contributed by atoms with Crippen molar-refractivity contribution in [2.45, 2.75) is 57.5 Å². The summed E-state index contributed by atoms with van der Waals surface area (Å²) in [4.78, 5) is 14.6. The normalized spacial score (nSPS) is 23.1. The molecule has 5 nitrogen and oxygen atoms in total. The third-order valence-corrected chi connectivity index (χ3v) is 6.25. The second kappa shape index (κ2) is 6.01. The minimum Gasteiger partial charge on any atom is -0.318 e. The van der Waals surface area contributed by atoms with Crippen molar-refractivity contribution < 1.29 is 4.79 Å². The average Bonchev–Trinajstić information content (AvgIpc) is 3.03. The SMILES string of the molecule is Cc1nn(C)cc1NC(=O)c1cc(C2CC2NC2CCC2)c(C)s1. The summed E-state index contributed by atoms with van der Waals surface area (Å²) in [5.74, 6) is 0.554. The van der Waals surface area contributed by atoms with Crippen molar-refractivity contribution in [2.24, 2.45) is 7.05 Å². The molecule has 4 rings (SSSR count). The van der Waals surface area contributed by atoms with E-state index in [9.17, 15) is 4.79 Å². The molecule has 24 heavy (non-hydrogen) atoms. The summed E-state index contributed by atoms with van der Waals surface area (Å²) in [5.41, 5.74) is 2.97. The number of thiophene rings is 1. The third-order valence-electron chi connectivity index (χ3n) is 5.19. The molecule has 0 saturated heterocycles. The zero-order valence-electron chi connectivity index (χ0n) is 14.4. The Morgan fingerprint density at radius 3 is 2.79 bits per heavy atom. The largest absolute Gasteiger partial charge is 0.318 e. The Morgan fingerprint density at radius 2 is 2.17 bits per heavy atom. The van der Waals surface area contributed by atoms with Crippen LogP contribution in [0.1, 0.15) is 57.4 Å². The van der Waals surface area contributed by atoms with Gasteiger partial charge in [-0.3, -0.25) is 9.48 Å². The molecule has 0 radical (unpaired) electrons. The maximum Gasteiger partial charge on any atom is 0.265 e. The van der Waals surface area contributed by atoms with E-state index >= 15 is 0 Å². The van der Waals surface area contributed by atoms with Crippen LogP contribution < -0.4 is 10.6 Å². The highest BCUT2D eigenvalue weighted by Gasteiger charge is 2.41. The standard InChI is InChI=1S/C18H24N4OS/c1-10-16(9-22(3)21-10)20-18(23)17-8-13(11(2)24-17)14-7-15(14)19-12-5-4-6-12/h8-9,12,14-15,19H,4-7H2,1-3H3,(H,20,23). The molecule has 0 bridgehead atoms. The summed E-state index contributed by atoms with van der Waals surface area (Å²) >= 11 is 1.60. The number of hydrogen-bond donors (Lipinski definition) is 2. The maximum absolute atomic E-state index is 12.5. The molecular weight excluding hydrogens is 320 g/mol. The van der Waals surface area contributed by atoms with Crippen LogP contribution in [0.4, 0.5) is 5.69 Å². The lowest BCUT2D eigenvalue weighted by molar-refractivity contribution is 0.103. The van der Waals surface area contributed by atoms with Gasteiger partial charge in [0.05, 0.1) is 16.3 Å². The molecule has 0 aromatic carbocycles. The number of nitrogens with one attached hydrogen (secondary N) is 2. The summed E-state index contributed by atoms with van der Waals surface area (Å²) in [6.07, 6.45) is 7.06. The molecule has 2 aromatic heterocycles. The molecule has 2 N–H and O–H groups in total. The second-order valence-corrected chi connectivity index (χ2v) is 8.38. The van der Waals surface area contributed by atoms with E-state index in [0.29, 0.717) is 12.0 Å². The summed E-state index contributed by atoms with van der Waals surface area (Å²) < 4.78 is 1.72. The number of carbonyl (C=O) groups is 1. The molecule has 2 heterocycles. The number of rotatable bonds is 5.